The van der Waals surface area contributed by atoms with Gasteiger partial charge in [-0.3, -0.25) is 0 Å². The van der Waals surface area contributed by atoms with Gasteiger partial charge < -0.3 is 35.2 Å². The number of hydrogen-bond donors (Lipinski definition) is 2. The Morgan fingerprint density at radius 2 is 1.94 bits per heavy atom. The number of aromatic nitrogens is 1. The lowest BCUT2D eigenvalue weighted by Gasteiger charge is -2.17. The second kappa shape index (κ2) is 8.01. The molecule has 6 heteroatoms. The highest BCUT2D eigenvalue weighted by Crippen LogP contribution is 2.24. The predicted octanol–water partition coefficient (Wildman–Crippen LogP) is -5.97. The normalized spacial score (nSPS) is 16.0. The largest absolute Gasteiger partial charge is 1.00 e. The van der Waals surface area contributed by atoms with Crippen molar-refractivity contribution in [2.24, 2.45) is 0 Å². The molecule has 0 spiro atoms. The summed E-state index contributed by atoms with van der Waals surface area (Å²) in [4.78, 5) is 2.96. The number of pyridine rings is 1. The van der Waals surface area contributed by atoms with Crippen molar-refractivity contribution in [1.29, 1.82) is 0 Å². The van der Waals surface area contributed by atoms with Crippen molar-refractivity contribution in [3.05, 3.63) is 18.2 Å². The maximum absolute atomic E-state index is 9.27. The van der Waals surface area contributed by atoms with E-state index in [4.69, 9.17) is 0 Å². The van der Waals surface area contributed by atoms with E-state index in [9.17, 15) is 5.11 Å². The van der Waals surface area contributed by atoms with Gasteiger partial charge in [-0.25, -0.2) is 0 Å². The Labute approximate surface area is 112 Å². The van der Waals surface area contributed by atoms with Crippen LogP contribution in [0.3, 0.4) is 0 Å². The lowest BCUT2D eigenvalue weighted by molar-refractivity contribution is -0.661. The number of rotatable bonds is 2. The van der Waals surface area contributed by atoms with Crippen molar-refractivity contribution >= 4 is 11.8 Å². The molecule has 1 aliphatic rings. The van der Waals surface area contributed by atoms with E-state index in [1.807, 2.05) is 23.9 Å². The quantitative estimate of drug-likeness (QED) is 0.568. The van der Waals surface area contributed by atoms with E-state index in [0.29, 0.717) is 5.25 Å². The van der Waals surface area contributed by atoms with E-state index in [1.165, 1.54) is 25.9 Å². The monoisotopic (exact) mass is 282 g/mol. The highest BCUT2D eigenvalue weighted by molar-refractivity contribution is 7.99. The van der Waals surface area contributed by atoms with Crippen LogP contribution >= 0.6 is 11.8 Å². The number of aromatic amines is 1. The fraction of sp³-hybridized carbons (Fsp3) is 0.500. The fourth-order valence-corrected chi connectivity index (χ4v) is 2.89. The summed E-state index contributed by atoms with van der Waals surface area (Å²) in [6.45, 7) is 2.47. The lowest BCUT2D eigenvalue weighted by Crippen LogP contribution is -3.00. The first kappa shape index (κ1) is 15.8. The van der Waals surface area contributed by atoms with Crippen LogP contribution in [0, 0.1) is 0 Å². The number of hydrogen-bond acceptors (Lipinski definition) is 2. The van der Waals surface area contributed by atoms with Gasteiger partial charge in [-0.05, 0) is 6.07 Å². The molecule has 0 atom stereocenters. The standard InChI is InChI=1S/C10H14N2OS.2ClH/c13-9-2-1-3-10(12-9)14-8-4-6-11-7-5-8;;/h1-3,8,11H,4-7H2,(H,12,13);2*1H. The van der Waals surface area contributed by atoms with Crippen LogP contribution in [0.25, 0.3) is 0 Å². The van der Waals surface area contributed by atoms with E-state index >= 15 is 0 Å². The van der Waals surface area contributed by atoms with Crippen molar-refractivity contribution in [2.45, 2.75) is 23.1 Å². The number of quaternary nitrogens is 1. The van der Waals surface area contributed by atoms with Crippen molar-refractivity contribution in [1.82, 2.24) is 0 Å². The smallest absolute Gasteiger partial charge is 0.364 e. The lowest BCUT2D eigenvalue weighted by atomic mass is 10.2. The molecule has 1 saturated heterocycles. The summed E-state index contributed by atoms with van der Waals surface area (Å²) in [6.07, 6.45) is 2.52. The number of aromatic hydroxyl groups is 1. The first-order chi connectivity index (χ1) is 6.84. The Morgan fingerprint density at radius 3 is 2.56 bits per heavy atom. The van der Waals surface area contributed by atoms with Gasteiger partial charge in [0.25, 0.3) is 0 Å². The predicted molar refractivity (Wildman–Crippen MR) is 55.2 cm³/mol. The maximum atomic E-state index is 9.27. The first-order valence-electron chi connectivity index (χ1n) is 5.04. The zero-order chi connectivity index (χ0) is 9.80. The van der Waals surface area contributed by atoms with Crippen LogP contribution < -0.4 is 35.1 Å². The van der Waals surface area contributed by atoms with E-state index in [0.717, 1.165) is 5.03 Å². The van der Waals surface area contributed by atoms with Gasteiger partial charge >= 0.3 is 5.88 Å². The average molecular weight is 283 g/mol. The van der Waals surface area contributed by atoms with E-state index in [1.54, 1.807) is 6.07 Å². The SMILES string of the molecule is Oc1cccc(SC2CC[NH2+]CC2)[nH+]1.[Cl-].[Cl-]. The van der Waals surface area contributed by atoms with Crippen LogP contribution in [0.1, 0.15) is 12.8 Å². The first-order valence-corrected chi connectivity index (χ1v) is 5.92. The number of thioether (sulfide) groups is 1. The second-order valence-corrected chi connectivity index (χ2v) is 4.93. The Kier molecular flexibility index (Phi) is 7.93. The molecular formula is C10H16Cl2N2OS. The molecule has 4 N–H and O–H groups in total. The molecule has 2 heterocycles. The molecule has 0 unspecified atom stereocenters. The summed E-state index contributed by atoms with van der Waals surface area (Å²) in [5.41, 5.74) is 0. The molecular weight excluding hydrogens is 267 g/mol. The molecule has 0 aliphatic carbocycles. The average Bonchev–Trinajstić information content (AvgIpc) is 2.19. The molecule has 0 saturated carbocycles. The number of H-pyrrole nitrogens is 1. The molecule has 1 aromatic heterocycles. The second-order valence-electron chi connectivity index (χ2n) is 3.58. The molecule has 16 heavy (non-hydrogen) atoms. The summed E-state index contributed by atoms with van der Waals surface area (Å²) < 4.78 is 0. The van der Waals surface area contributed by atoms with E-state index in [-0.39, 0.29) is 30.7 Å². The summed E-state index contributed by atoms with van der Waals surface area (Å²) in [5, 5.41) is 13.4. The zero-order valence-electron chi connectivity index (χ0n) is 8.83. The van der Waals surface area contributed by atoms with Crippen molar-refractivity contribution in [3.8, 4) is 5.88 Å². The van der Waals surface area contributed by atoms with Crippen LogP contribution in [0.2, 0.25) is 0 Å². The molecule has 1 aliphatic heterocycles. The Bertz CT molecular complexity index is 309. The molecule has 3 nitrogen and oxygen atoms in total. The van der Waals surface area contributed by atoms with Gasteiger partial charge in [0.2, 0.25) is 5.03 Å². The Balaban J connectivity index is 0.00000112. The third-order valence-electron chi connectivity index (χ3n) is 2.43. The molecule has 2 rings (SSSR count). The number of piperidine rings is 1. The minimum atomic E-state index is 0. The molecule has 1 fully saturated rings. The number of nitrogens with one attached hydrogen (secondary N) is 1. The topological polar surface area (TPSA) is 51.0 Å². The summed E-state index contributed by atoms with van der Waals surface area (Å²) in [5.74, 6) is 0.248. The van der Waals surface area contributed by atoms with Crippen LogP contribution in [-0.4, -0.2) is 23.4 Å². The number of nitrogens with two attached hydrogens (primary N) is 1. The molecule has 1 aromatic rings. The minimum absolute atomic E-state index is 0. The zero-order valence-corrected chi connectivity index (χ0v) is 11.2. The van der Waals surface area contributed by atoms with Crippen LogP contribution in [0.15, 0.2) is 23.2 Å². The summed E-state index contributed by atoms with van der Waals surface area (Å²) >= 11 is 1.84. The molecule has 0 aromatic carbocycles. The van der Waals surface area contributed by atoms with Gasteiger partial charge in [0, 0.05) is 24.2 Å². The minimum Gasteiger partial charge on any atom is -1.00 e. The van der Waals surface area contributed by atoms with Crippen molar-refractivity contribution < 1.29 is 40.2 Å². The maximum Gasteiger partial charge on any atom is 0.364 e. The molecule has 0 bridgehead atoms. The van der Waals surface area contributed by atoms with Gasteiger partial charge in [-0.1, -0.05) is 11.8 Å². The fourth-order valence-electron chi connectivity index (χ4n) is 1.70. The van der Waals surface area contributed by atoms with Crippen LogP contribution in [-0.2, 0) is 0 Å². The summed E-state index contributed by atoms with van der Waals surface area (Å²) in [7, 11) is 0. The third kappa shape index (κ3) is 4.78. The number of halogens is 2. The summed E-state index contributed by atoms with van der Waals surface area (Å²) in [6, 6.07) is 5.56. The third-order valence-corrected chi connectivity index (χ3v) is 3.73. The van der Waals surface area contributed by atoms with Crippen LogP contribution in [0.4, 0.5) is 0 Å². The van der Waals surface area contributed by atoms with Gasteiger partial charge in [-0.2, -0.15) is 4.98 Å². The Hall–Kier alpha value is -0.160. The van der Waals surface area contributed by atoms with Crippen LogP contribution in [0.5, 0.6) is 5.88 Å². The molecule has 0 amide bonds. The highest BCUT2D eigenvalue weighted by atomic mass is 35.5. The van der Waals surface area contributed by atoms with Crippen molar-refractivity contribution in [2.75, 3.05) is 13.1 Å². The molecule has 92 valence electrons. The van der Waals surface area contributed by atoms with E-state index < -0.39 is 0 Å². The Morgan fingerprint density at radius 1 is 1.25 bits per heavy atom. The van der Waals surface area contributed by atoms with Gasteiger partial charge in [0.15, 0.2) is 0 Å². The van der Waals surface area contributed by atoms with Crippen molar-refractivity contribution in [3.63, 3.8) is 0 Å². The van der Waals surface area contributed by atoms with E-state index in [2.05, 4.69) is 10.3 Å². The highest BCUT2D eigenvalue weighted by Gasteiger charge is 2.19. The van der Waals surface area contributed by atoms with Gasteiger partial charge in [0.1, 0.15) is 0 Å². The van der Waals surface area contributed by atoms with Gasteiger partial charge in [-0.15, -0.1) is 0 Å². The van der Waals surface area contributed by atoms with Gasteiger partial charge in [0.05, 0.1) is 19.2 Å². The molecule has 0 radical (unpaired) electrons.